The topological polar surface area (TPSA) is 38.3 Å². The maximum atomic E-state index is 11.9. The van der Waals surface area contributed by atoms with E-state index in [1.54, 1.807) is 19.2 Å². The molecular formula is C12H15Br2NO2. The molecule has 0 aliphatic heterocycles. The van der Waals surface area contributed by atoms with Gasteiger partial charge >= 0.3 is 0 Å². The van der Waals surface area contributed by atoms with E-state index >= 15 is 0 Å². The van der Waals surface area contributed by atoms with Crippen LogP contribution in [0.15, 0.2) is 28.7 Å². The number of carbonyl (C=O) groups is 1. The Morgan fingerprint density at radius 1 is 1.41 bits per heavy atom. The molecule has 0 saturated heterocycles. The maximum Gasteiger partial charge on any atom is 0.251 e. The first-order valence-corrected chi connectivity index (χ1v) is 7.20. The van der Waals surface area contributed by atoms with Gasteiger partial charge in [-0.15, -0.1) is 0 Å². The minimum atomic E-state index is -0.0690. The summed E-state index contributed by atoms with van der Waals surface area (Å²) in [7, 11) is 1.63. The molecule has 0 spiro atoms. The van der Waals surface area contributed by atoms with Crippen molar-refractivity contribution in [1.82, 2.24) is 5.32 Å². The smallest absolute Gasteiger partial charge is 0.251 e. The molecule has 0 aliphatic carbocycles. The Bertz CT molecular complexity index is 348. The summed E-state index contributed by atoms with van der Waals surface area (Å²) in [6, 6.07) is 7.32. The fourth-order valence-electron chi connectivity index (χ4n) is 1.40. The van der Waals surface area contributed by atoms with Gasteiger partial charge in [-0.2, -0.15) is 0 Å². The van der Waals surface area contributed by atoms with Crippen LogP contribution in [0.4, 0.5) is 0 Å². The molecule has 0 saturated carbocycles. The lowest BCUT2D eigenvalue weighted by Crippen LogP contribution is -2.38. The molecule has 1 amide bonds. The number of amides is 1. The Morgan fingerprint density at radius 3 is 2.59 bits per heavy atom. The van der Waals surface area contributed by atoms with Gasteiger partial charge in [-0.05, 0) is 30.7 Å². The fourth-order valence-corrected chi connectivity index (χ4v) is 2.22. The van der Waals surface area contributed by atoms with E-state index in [0.29, 0.717) is 12.2 Å². The third-order valence-electron chi connectivity index (χ3n) is 2.27. The van der Waals surface area contributed by atoms with Crippen molar-refractivity contribution in [2.45, 2.75) is 12.5 Å². The molecule has 1 rings (SSSR count). The Balaban J connectivity index is 2.60. The van der Waals surface area contributed by atoms with E-state index in [2.05, 4.69) is 37.2 Å². The normalized spacial score (nSPS) is 12.2. The zero-order valence-electron chi connectivity index (χ0n) is 9.58. The number of hydrogen-bond donors (Lipinski definition) is 1. The van der Waals surface area contributed by atoms with Crippen molar-refractivity contribution in [2.75, 3.05) is 19.0 Å². The standard InChI is InChI=1S/C12H15Br2NO2/c1-17-8-11(6-7-13)15-12(16)9-2-4-10(14)5-3-9/h2-5,11H,6-8H2,1H3,(H,15,16). The number of methoxy groups -OCH3 is 1. The van der Waals surface area contributed by atoms with Crippen molar-refractivity contribution in [1.29, 1.82) is 0 Å². The summed E-state index contributed by atoms with van der Waals surface area (Å²) in [4.78, 5) is 11.9. The molecule has 1 unspecified atom stereocenters. The third kappa shape index (κ3) is 5.19. The van der Waals surface area contributed by atoms with Crippen LogP contribution in [0, 0.1) is 0 Å². The van der Waals surface area contributed by atoms with Crippen molar-refractivity contribution >= 4 is 37.8 Å². The molecule has 1 N–H and O–H groups in total. The Labute approximate surface area is 118 Å². The molecule has 0 heterocycles. The number of halogens is 2. The Hall–Kier alpha value is -0.390. The first-order valence-electron chi connectivity index (χ1n) is 5.28. The second-order valence-corrected chi connectivity index (χ2v) is 5.32. The van der Waals surface area contributed by atoms with Gasteiger partial charge in [0.25, 0.3) is 5.91 Å². The van der Waals surface area contributed by atoms with Crippen LogP contribution in [0.3, 0.4) is 0 Å². The number of hydrogen-bond acceptors (Lipinski definition) is 2. The fraction of sp³-hybridized carbons (Fsp3) is 0.417. The minimum absolute atomic E-state index is 0.0375. The van der Waals surface area contributed by atoms with E-state index in [-0.39, 0.29) is 11.9 Å². The van der Waals surface area contributed by atoms with Crippen LogP contribution in [0.2, 0.25) is 0 Å². The molecule has 5 heteroatoms. The lowest BCUT2D eigenvalue weighted by Gasteiger charge is -2.16. The molecule has 0 fully saturated rings. The summed E-state index contributed by atoms with van der Waals surface area (Å²) in [5, 5.41) is 3.78. The summed E-state index contributed by atoms with van der Waals surface area (Å²) >= 11 is 6.70. The van der Waals surface area contributed by atoms with Crippen LogP contribution in [-0.2, 0) is 4.74 Å². The van der Waals surface area contributed by atoms with Gasteiger partial charge in [-0.25, -0.2) is 0 Å². The Kier molecular flexibility index (Phi) is 6.77. The molecule has 0 aromatic heterocycles. The van der Waals surface area contributed by atoms with Crippen LogP contribution in [0.1, 0.15) is 16.8 Å². The number of benzene rings is 1. The van der Waals surface area contributed by atoms with E-state index in [1.165, 1.54) is 0 Å². The predicted molar refractivity (Wildman–Crippen MR) is 75.7 cm³/mol. The molecule has 0 aliphatic rings. The van der Waals surface area contributed by atoms with Crippen LogP contribution in [0.25, 0.3) is 0 Å². The van der Waals surface area contributed by atoms with Gasteiger partial charge in [-0.3, -0.25) is 4.79 Å². The Morgan fingerprint density at radius 2 is 2.06 bits per heavy atom. The minimum Gasteiger partial charge on any atom is -0.383 e. The van der Waals surface area contributed by atoms with E-state index in [0.717, 1.165) is 16.2 Å². The van der Waals surface area contributed by atoms with Crippen molar-refractivity contribution in [2.24, 2.45) is 0 Å². The summed E-state index contributed by atoms with van der Waals surface area (Å²) in [5.41, 5.74) is 0.656. The highest BCUT2D eigenvalue weighted by Crippen LogP contribution is 2.10. The van der Waals surface area contributed by atoms with E-state index in [9.17, 15) is 4.79 Å². The summed E-state index contributed by atoms with van der Waals surface area (Å²) in [6.45, 7) is 0.522. The van der Waals surface area contributed by atoms with E-state index < -0.39 is 0 Å². The quantitative estimate of drug-likeness (QED) is 0.788. The van der Waals surface area contributed by atoms with Crippen LogP contribution < -0.4 is 5.32 Å². The highest BCUT2D eigenvalue weighted by atomic mass is 79.9. The van der Waals surface area contributed by atoms with Gasteiger partial charge in [-0.1, -0.05) is 31.9 Å². The van der Waals surface area contributed by atoms with Crippen LogP contribution in [-0.4, -0.2) is 31.0 Å². The zero-order valence-corrected chi connectivity index (χ0v) is 12.8. The predicted octanol–water partition coefficient (Wildman–Crippen LogP) is 2.98. The lowest BCUT2D eigenvalue weighted by molar-refractivity contribution is 0.0895. The molecule has 0 bridgehead atoms. The van der Waals surface area contributed by atoms with Crippen LogP contribution >= 0.6 is 31.9 Å². The van der Waals surface area contributed by atoms with Gasteiger partial charge in [0.05, 0.1) is 12.6 Å². The average Bonchev–Trinajstić information content (AvgIpc) is 2.30. The van der Waals surface area contributed by atoms with E-state index in [1.807, 2.05) is 12.1 Å². The number of carbonyl (C=O) groups excluding carboxylic acids is 1. The SMILES string of the molecule is COCC(CCBr)NC(=O)c1ccc(Br)cc1. The second kappa shape index (κ2) is 7.84. The zero-order chi connectivity index (χ0) is 12.7. The van der Waals surface area contributed by atoms with Gasteiger partial charge in [0.15, 0.2) is 0 Å². The van der Waals surface area contributed by atoms with Crippen LogP contribution in [0.5, 0.6) is 0 Å². The molecule has 1 atom stereocenters. The molecule has 1 aromatic carbocycles. The maximum absolute atomic E-state index is 11.9. The van der Waals surface area contributed by atoms with Gasteiger partial charge in [0.2, 0.25) is 0 Å². The number of ether oxygens (including phenoxy) is 1. The van der Waals surface area contributed by atoms with Gasteiger partial charge in [0.1, 0.15) is 0 Å². The molecule has 0 radical (unpaired) electrons. The van der Waals surface area contributed by atoms with Crippen molar-refractivity contribution in [3.05, 3.63) is 34.3 Å². The summed E-state index contributed by atoms with van der Waals surface area (Å²) in [6.07, 6.45) is 0.843. The van der Waals surface area contributed by atoms with E-state index in [4.69, 9.17) is 4.74 Å². The molecule has 1 aromatic rings. The first-order chi connectivity index (χ1) is 8.17. The number of alkyl halides is 1. The third-order valence-corrected chi connectivity index (χ3v) is 3.25. The second-order valence-electron chi connectivity index (χ2n) is 3.61. The molecule has 94 valence electrons. The molecular weight excluding hydrogens is 350 g/mol. The highest BCUT2D eigenvalue weighted by Gasteiger charge is 2.12. The number of nitrogens with one attached hydrogen (secondary N) is 1. The lowest BCUT2D eigenvalue weighted by atomic mass is 10.2. The summed E-state index contributed by atoms with van der Waals surface area (Å²) in [5.74, 6) is -0.0690. The highest BCUT2D eigenvalue weighted by molar-refractivity contribution is 9.10. The van der Waals surface area contributed by atoms with Crippen molar-refractivity contribution in [3.8, 4) is 0 Å². The van der Waals surface area contributed by atoms with Gasteiger partial charge in [0, 0.05) is 22.5 Å². The molecule has 3 nitrogen and oxygen atoms in total. The van der Waals surface area contributed by atoms with Crippen molar-refractivity contribution in [3.63, 3.8) is 0 Å². The monoisotopic (exact) mass is 363 g/mol. The molecule has 17 heavy (non-hydrogen) atoms. The average molecular weight is 365 g/mol. The van der Waals surface area contributed by atoms with Crippen molar-refractivity contribution < 1.29 is 9.53 Å². The van der Waals surface area contributed by atoms with Gasteiger partial charge < -0.3 is 10.1 Å². The largest absolute Gasteiger partial charge is 0.383 e. The summed E-state index contributed by atoms with van der Waals surface area (Å²) < 4.78 is 6.03. The first kappa shape index (κ1) is 14.7. The number of rotatable bonds is 6.